The van der Waals surface area contributed by atoms with Gasteiger partial charge in [0.2, 0.25) is 0 Å². The van der Waals surface area contributed by atoms with Crippen LogP contribution in [0.1, 0.15) is 0 Å². The summed E-state index contributed by atoms with van der Waals surface area (Å²) in [6.45, 7) is 2.24. The molecular formula is C16H17N5O4. The van der Waals surface area contributed by atoms with Crippen molar-refractivity contribution >= 4 is 29.6 Å². The van der Waals surface area contributed by atoms with Crippen LogP contribution in [-0.4, -0.2) is 49.9 Å². The van der Waals surface area contributed by atoms with Gasteiger partial charge in [-0.3, -0.25) is 4.90 Å². The topological polar surface area (TPSA) is 92.4 Å². The van der Waals surface area contributed by atoms with E-state index in [0.717, 1.165) is 17.9 Å². The number of rotatable bonds is 5. The van der Waals surface area contributed by atoms with Crippen molar-refractivity contribution in [2.45, 2.75) is 6.10 Å². The number of cyclic esters (lactones) is 1. The molecule has 1 aromatic carbocycles. The second-order valence-corrected chi connectivity index (χ2v) is 5.65. The molecule has 25 heavy (non-hydrogen) atoms. The molecule has 1 amide bonds. The molecule has 0 bridgehead atoms. The maximum Gasteiger partial charge on any atom is 0.414 e. The largest absolute Gasteiger partial charge is 0.442 e. The molecule has 0 aliphatic carbocycles. The Morgan fingerprint density at radius 2 is 2.04 bits per heavy atom. The van der Waals surface area contributed by atoms with Crippen molar-refractivity contribution in [1.82, 2.24) is 5.16 Å². The van der Waals surface area contributed by atoms with Crippen LogP contribution in [0.25, 0.3) is 0 Å². The molecule has 2 aliphatic heterocycles. The lowest BCUT2D eigenvalue weighted by Gasteiger charge is -2.22. The Bertz CT molecular complexity index is 746. The normalized spacial score (nSPS) is 19.7. The maximum atomic E-state index is 12.1. The van der Waals surface area contributed by atoms with E-state index in [0.29, 0.717) is 25.5 Å². The summed E-state index contributed by atoms with van der Waals surface area (Å²) in [6.07, 6.45) is 2.52. The Hall–Kier alpha value is -3.23. The van der Waals surface area contributed by atoms with Crippen LogP contribution in [0.5, 0.6) is 0 Å². The van der Waals surface area contributed by atoms with Crippen molar-refractivity contribution < 1.29 is 18.9 Å². The number of oxime groups is 1. The van der Waals surface area contributed by atoms with E-state index in [1.807, 2.05) is 29.2 Å². The lowest BCUT2D eigenvalue weighted by molar-refractivity contribution is 0.145. The van der Waals surface area contributed by atoms with E-state index in [2.05, 4.69) is 15.6 Å². The zero-order chi connectivity index (χ0) is 17.1. The van der Waals surface area contributed by atoms with Crippen molar-refractivity contribution in [3.63, 3.8) is 0 Å². The fourth-order valence-corrected chi connectivity index (χ4v) is 2.72. The van der Waals surface area contributed by atoms with Gasteiger partial charge in [0.25, 0.3) is 0 Å². The van der Waals surface area contributed by atoms with Crippen LogP contribution in [0.2, 0.25) is 0 Å². The number of hydrogen-bond donors (Lipinski definition) is 1. The molecular weight excluding hydrogens is 326 g/mol. The van der Waals surface area contributed by atoms with Gasteiger partial charge in [0.05, 0.1) is 19.6 Å². The van der Waals surface area contributed by atoms with Gasteiger partial charge in [-0.2, -0.15) is 0 Å². The molecule has 2 aromatic rings. The van der Waals surface area contributed by atoms with E-state index in [9.17, 15) is 4.79 Å². The van der Waals surface area contributed by atoms with Gasteiger partial charge in [-0.15, -0.1) is 0 Å². The maximum absolute atomic E-state index is 12.1. The van der Waals surface area contributed by atoms with Crippen LogP contribution in [0.4, 0.5) is 22.0 Å². The predicted molar refractivity (Wildman–Crippen MR) is 90.8 cm³/mol. The first-order valence-electron chi connectivity index (χ1n) is 7.94. The van der Waals surface area contributed by atoms with Crippen LogP contribution in [0.3, 0.4) is 0 Å². The fourth-order valence-electron chi connectivity index (χ4n) is 2.72. The third-order valence-electron chi connectivity index (χ3n) is 4.00. The number of carbonyl (C=O) groups is 1. The van der Waals surface area contributed by atoms with E-state index in [4.69, 9.17) is 14.1 Å². The minimum Gasteiger partial charge on any atom is -0.442 e. The highest BCUT2D eigenvalue weighted by Crippen LogP contribution is 2.25. The van der Waals surface area contributed by atoms with Crippen LogP contribution in [-0.2, 0) is 9.57 Å². The number of carbonyl (C=O) groups excluding carboxylic acids is 1. The number of hydrogen-bond acceptors (Lipinski definition) is 8. The average molecular weight is 343 g/mol. The van der Waals surface area contributed by atoms with Crippen molar-refractivity contribution in [3.05, 3.63) is 36.6 Å². The van der Waals surface area contributed by atoms with Gasteiger partial charge in [-0.05, 0) is 24.3 Å². The monoisotopic (exact) mass is 343 g/mol. The molecule has 0 spiro atoms. The van der Waals surface area contributed by atoms with Crippen LogP contribution < -0.4 is 15.1 Å². The first-order chi connectivity index (χ1) is 12.3. The number of amides is 1. The van der Waals surface area contributed by atoms with Gasteiger partial charge in [0.1, 0.15) is 25.3 Å². The number of anilines is 3. The van der Waals surface area contributed by atoms with E-state index in [1.54, 1.807) is 17.3 Å². The molecule has 1 saturated heterocycles. The summed E-state index contributed by atoms with van der Waals surface area (Å²) >= 11 is 0. The Kier molecular flexibility index (Phi) is 4.11. The van der Waals surface area contributed by atoms with Crippen LogP contribution in [0.15, 0.2) is 46.3 Å². The predicted octanol–water partition coefficient (Wildman–Crippen LogP) is 1.89. The minimum absolute atomic E-state index is 0.254. The molecule has 9 nitrogen and oxygen atoms in total. The molecule has 1 unspecified atom stereocenters. The van der Waals surface area contributed by atoms with Crippen molar-refractivity contribution in [2.75, 3.05) is 41.4 Å². The lowest BCUT2D eigenvalue weighted by Crippen LogP contribution is -2.29. The molecule has 130 valence electrons. The zero-order valence-corrected chi connectivity index (χ0v) is 13.4. The molecule has 1 aromatic heterocycles. The molecule has 4 rings (SSSR count). The highest BCUT2D eigenvalue weighted by molar-refractivity contribution is 5.90. The van der Waals surface area contributed by atoms with Crippen LogP contribution >= 0.6 is 0 Å². The highest BCUT2D eigenvalue weighted by Gasteiger charge is 2.32. The SMILES string of the molecule is O=C1OC(CNc2ccon2)CN1c1ccc(N2C=NOCC2)cc1. The molecule has 9 heteroatoms. The summed E-state index contributed by atoms with van der Waals surface area (Å²) in [4.78, 5) is 20.7. The second-order valence-electron chi connectivity index (χ2n) is 5.65. The molecule has 0 radical (unpaired) electrons. The first-order valence-corrected chi connectivity index (χ1v) is 7.94. The first kappa shape index (κ1) is 15.3. The minimum atomic E-state index is -0.354. The summed E-state index contributed by atoms with van der Waals surface area (Å²) in [7, 11) is 0. The number of aromatic nitrogens is 1. The number of ether oxygens (including phenoxy) is 1. The van der Waals surface area contributed by atoms with E-state index >= 15 is 0 Å². The fraction of sp³-hybridized carbons (Fsp3) is 0.312. The smallest absolute Gasteiger partial charge is 0.414 e. The molecule has 1 N–H and O–H groups in total. The average Bonchev–Trinajstić information content (AvgIpc) is 3.30. The van der Waals surface area contributed by atoms with Gasteiger partial charge < -0.3 is 24.3 Å². The highest BCUT2D eigenvalue weighted by atomic mass is 16.6. The lowest BCUT2D eigenvalue weighted by atomic mass is 10.2. The van der Waals surface area contributed by atoms with Crippen molar-refractivity contribution in [1.29, 1.82) is 0 Å². The number of nitrogens with zero attached hydrogens (tertiary/aromatic N) is 4. The van der Waals surface area contributed by atoms with Crippen LogP contribution in [0, 0.1) is 0 Å². The van der Waals surface area contributed by atoms with Gasteiger partial charge in [0.15, 0.2) is 5.82 Å². The van der Waals surface area contributed by atoms with Gasteiger partial charge >= 0.3 is 6.09 Å². The summed E-state index contributed by atoms with van der Waals surface area (Å²) in [5.41, 5.74) is 1.79. The van der Waals surface area contributed by atoms with E-state index < -0.39 is 0 Å². The number of nitrogens with one attached hydrogen (secondary N) is 1. The summed E-state index contributed by atoms with van der Waals surface area (Å²) in [6, 6.07) is 9.39. The second kappa shape index (κ2) is 6.71. The van der Waals surface area contributed by atoms with Gasteiger partial charge in [-0.1, -0.05) is 10.3 Å². The summed E-state index contributed by atoms with van der Waals surface area (Å²) in [5, 5.41) is 10.6. The zero-order valence-electron chi connectivity index (χ0n) is 13.4. The molecule has 0 saturated carbocycles. The quantitative estimate of drug-likeness (QED) is 0.886. The van der Waals surface area contributed by atoms with E-state index in [1.165, 1.54) is 6.26 Å². The molecule has 1 atom stereocenters. The molecule has 2 aliphatic rings. The molecule has 1 fully saturated rings. The van der Waals surface area contributed by atoms with Crippen molar-refractivity contribution in [3.8, 4) is 0 Å². The summed E-state index contributed by atoms with van der Waals surface area (Å²) < 4.78 is 10.1. The standard InChI is InChI=1S/C16H17N5O4/c22-16-21(10-14(25-16)9-17-15-5-7-24-19-15)13-3-1-12(2-4-13)20-6-8-23-18-11-20/h1-5,7,11,14H,6,8-10H2,(H,17,19). The van der Waals surface area contributed by atoms with Gasteiger partial charge in [-0.25, -0.2) is 4.79 Å². The Labute approximate surface area is 143 Å². The Balaban J connectivity index is 1.38. The Morgan fingerprint density at radius 1 is 1.20 bits per heavy atom. The van der Waals surface area contributed by atoms with E-state index in [-0.39, 0.29) is 12.2 Å². The van der Waals surface area contributed by atoms with Crippen molar-refractivity contribution in [2.24, 2.45) is 5.16 Å². The van der Waals surface area contributed by atoms with Gasteiger partial charge in [0, 0.05) is 17.4 Å². The summed E-state index contributed by atoms with van der Waals surface area (Å²) in [5.74, 6) is 0.617. The Morgan fingerprint density at radius 3 is 2.76 bits per heavy atom. The third kappa shape index (κ3) is 3.35. The third-order valence-corrected chi connectivity index (χ3v) is 4.00. The molecule has 3 heterocycles. The number of benzene rings is 1.